The van der Waals surface area contributed by atoms with E-state index in [1.165, 1.54) is 24.1 Å². The van der Waals surface area contributed by atoms with Gasteiger partial charge in [0.05, 0.1) is 11.7 Å². The first-order valence-corrected chi connectivity index (χ1v) is 6.74. The number of hydrogen-bond donors (Lipinski definition) is 1. The Morgan fingerprint density at radius 3 is 2.82 bits per heavy atom. The highest BCUT2D eigenvalue weighted by Crippen LogP contribution is 2.41. The molecular formula is C13H22N4. The molecule has 2 unspecified atom stereocenters. The number of aromatic nitrogens is 2. The molecule has 2 aliphatic rings. The zero-order valence-electron chi connectivity index (χ0n) is 10.8. The van der Waals surface area contributed by atoms with Crippen molar-refractivity contribution in [2.45, 2.75) is 50.7 Å². The summed E-state index contributed by atoms with van der Waals surface area (Å²) in [7, 11) is 2.00. The molecule has 1 saturated carbocycles. The predicted octanol–water partition coefficient (Wildman–Crippen LogP) is 1.22. The van der Waals surface area contributed by atoms with Gasteiger partial charge in [-0.1, -0.05) is 6.92 Å². The van der Waals surface area contributed by atoms with Gasteiger partial charge in [0.2, 0.25) is 0 Å². The summed E-state index contributed by atoms with van der Waals surface area (Å²) in [5.41, 5.74) is 8.91. The lowest BCUT2D eigenvalue weighted by atomic mass is 10.0. The number of hydrogen-bond acceptors (Lipinski definition) is 3. The Hall–Kier alpha value is -0.870. The highest BCUT2D eigenvalue weighted by Gasteiger charge is 2.42. The van der Waals surface area contributed by atoms with Crippen molar-refractivity contribution in [3.8, 4) is 0 Å². The molecule has 1 aromatic rings. The average molecular weight is 234 g/mol. The van der Waals surface area contributed by atoms with Crippen molar-refractivity contribution in [2.75, 3.05) is 6.54 Å². The van der Waals surface area contributed by atoms with Gasteiger partial charge in [-0.05, 0) is 25.7 Å². The minimum absolute atomic E-state index is 0.282. The molecule has 0 spiro atoms. The van der Waals surface area contributed by atoms with Crippen molar-refractivity contribution in [1.82, 2.24) is 14.7 Å². The van der Waals surface area contributed by atoms with Crippen molar-refractivity contribution in [1.29, 1.82) is 0 Å². The average Bonchev–Trinajstić information content (AvgIpc) is 2.98. The highest BCUT2D eigenvalue weighted by atomic mass is 15.3. The Kier molecular flexibility index (Phi) is 2.71. The third-order valence-electron chi connectivity index (χ3n) is 4.09. The van der Waals surface area contributed by atoms with Gasteiger partial charge < -0.3 is 5.73 Å². The van der Waals surface area contributed by atoms with Gasteiger partial charge in [0, 0.05) is 37.4 Å². The number of likely N-dealkylation sites (tertiary alicyclic amines) is 1. The Labute approximate surface area is 103 Å². The summed E-state index contributed by atoms with van der Waals surface area (Å²) in [5, 5.41) is 4.56. The lowest BCUT2D eigenvalue weighted by Gasteiger charge is -2.26. The molecule has 2 N–H and O–H groups in total. The standard InChI is InChI=1S/C13H22N4/c1-3-12-10(8-16(2)15-12)13-11(14)6-7-17(13)9-4-5-9/h8-9,11,13H,3-7,14H2,1-2H3. The third kappa shape index (κ3) is 1.89. The Balaban J connectivity index is 1.93. The van der Waals surface area contributed by atoms with E-state index in [1.54, 1.807) is 0 Å². The minimum Gasteiger partial charge on any atom is -0.326 e. The van der Waals surface area contributed by atoms with Gasteiger partial charge in [-0.2, -0.15) is 5.10 Å². The molecule has 1 aliphatic heterocycles. The van der Waals surface area contributed by atoms with Crippen molar-refractivity contribution in [3.05, 3.63) is 17.5 Å². The number of nitrogens with two attached hydrogens (primary N) is 1. The second-order valence-corrected chi connectivity index (χ2v) is 5.42. The first kappa shape index (κ1) is 11.2. The van der Waals surface area contributed by atoms with Gasteiger partial charge in [0.1, 0.15) is 0 Å². The molecule has 0 amide bonds. The third-order valence-corrected chi connectivity index (χ3v) is 4.09. The van der Waals surface area contributed by atoms with Gasteiger partial charge >= 0.3 is 0 Å². The first-order chi connectivity index (χ1) is 8.20. The normalized spacial score (nSPS) is 30.1. The van der Waals surface area contributed by atoms with E-state index >= 15 is 0 Å². The Morgan fingerprint density at radius 1 is 1.41 bits per heavy atom. The van der Waals surface area contributed by atoms with Crippen molar-refractivity contribution < 1.29 is 0 Å². The number of nitrogens with zero attached hydrogens (tertiary/aromatic N) is 3. The first-order valence-electron chi connectivity index (χ1n) is 6.74. The van der Waals surface area contributed by atoms with Crippen LogP contribution in [0.2, 0.25) is 0 Å². The second-order valence-electron chi connectivity index (χ2n) is 5.42. The largest absolute Gasteiger partial charge is 0.326 e. The number of aryl methyl sites for hydroxylation is 2. The molecule has 4 nitrogen and oxygen atoms in total. The molecule has 2 fully saturated rings. The van der Waals surface area contributed by atoms with Crippen LogP contribution in [0.25, 0.3) is 0 Å². The molecule has 1 aliphatic carbocycles. The molecule has 1 saturated heterocycles. The fourth-order valence-corrected chi connectivity index (χ4v) is 3.14. The van der Waals surface area contributed by atoms with E-state index in [0.717, 1.165) is 25.4 Å². The van der Waals surface area contributed by atoms with Crippen LogP contribution in [-0.4, -0.2) is 33.3 Å². The van der Waals surface area contributed by atoms with Crippen molar-refractivity contribution >= 4 is 0 Å². The van der Waals surface area contributed by atoms with Gasteiger partial charge in [0.25, 0.3) is 0 Å². The molecule has 3 rings (SSSR count). The monoisotopic (exact) mass is 234 g/mol. The summed E-state index contributed by atoms with van der Waals surface area (Å²) in [6.45, 7) is 3.34. The van der Waals surface area contributed by atoms with E-state index < -0.39 is 0 Å². The van der Waals surface area contributed by atoms with Crippen LogP contribution in [0.5, 0.6) is 0 Å². The molecule has 94 valence electrons. The SMILES string of the molecule is CCc1nn(C)cc1C1C(N)CCN1C1CC1. The topological polar surface area (TPSA) is 47.1 Å². The van der Waals surface area contributed by atoms with Crippen LogP contribution in [0, 0.1) is 0 Å². The lowest BCUT2D eigenvalue weighted by Crippen LogP contribution is -2.33. The van der Waals surface area contributed by atoms with Crippen LogP contribution in [-0.2, 0) is 13.5 Å². The quantitative estimate of drug-likeness (QED) is 0.855. The summed E-state index contributed by atoms with van der Waals surface area (Å²) in [5.74, 6) is 0. The lowest BCUT2D eigenvalue weighted by molar-refractivity contribution is 0.236. The van der Waals surface area contributed by atoms with Crippen LogP contribution < -0.4 is 5.73 Å². The maximum Gasteiger partial charge on any atom is 0.0670 e. The van der Waals surface area contributed by atoms with E-state index in [0.29, 0.717) is 6.04 Å². The van der Waals surface area contributed by atoms with Crippen LogP contribution in [0.3, 0.4) is 0 Å². The maximum atomic E-state index is 6.32. The van der Waals surface area contributed by atoms with Crippen LogP contribution in [0.1, 0.15) is 43.5 Å². The van der Waals surface area contributed by atoms with E-state index in [-0.39, 0.29) is 6.04 Å². The summed E-state index contributed by atoms with van der Waals surface area (Å²) in [6.07, 6.45) is 7.00. The number of rotatable bonds is 3. The maximum absolute atomic E-state index is 6.32. The van der Waals surface area contributed by atoms with E-state index in [2.05, 4.69) is 23.1 Å². The van der Waals surface area contributed by atoms with Gasteiger partial charge in [-0.3, -0.25) is 9.58 Å². The van der Waals surface area contributed by atoms with E-state index in [9.17, 15) is 0 Å². The van der Waals surface area contributed by atoms with Crippen LogP contribution in [0.15, 0.2) is 6.20 Å². The summed E-state index contributed by atoms with van der Waals surface area (Å²) < 4.78 is 1.93. The van der Waals surface area contributed by atoms with Gasteiger partial charge in [0.15, 0.2) is 0 Å². The molecular weight excluding hydrogens is 212 g/mol. The van der Waals surface area contributed by atoms with E-state index in [1.807, 2.05) is 11.7 Å². The van der Waals surface area contributed by atoms with Crippen molar-refractivity contribution in [3.63, 3.8) is 0 Å². The van der Waals surface area contributed by atoms with Gasteiger partial charge in [-0.25, -0.2) is 0 Å². The van der Waals surface area contributed by atoms with Gasteiger partial charge in [-0.15, -0.1) is 0 Å². The predicted molar refractivity (Wildman–Crippen MR) is 67.6 cm³/mol. The summed E-state index contributed by atoms with van der Waals surface area (Å²) >= 11 is 0. The Bertz CT molecular complexity index is 408. The second kappa shape index (κ2) is 4.10. The van der Waals surface area contributed by atoms with Crippen molar-refractivity contribution in [2.24, 2.45) is 12.8 Å². The molecule has 1 aromatic heterocycles. The molecule has 17 heavy (non-hydrogen) atoms. The summed E-state index contributed by atoms with van der Waals surface area (Å²) in [6, 6.07) is 1.48. The fourth-order valence-electron chi connectivity index (χ4n) is 3.14. The molecule has 2 atom stereocenters. The van der Waals surface area contributed by atoms with E-state index in [4.69, 9.17) is 5.73 Å². The smallest absolute Gasteiger partial charge is 0.0670 e. The molecule has 2 heterocycles. The molecule has 0 radical (unpaired) electrons. The molecule has 0 bridgehead atoms. The molecule has 4 heteroatoms. The summed E-state index contributed by atoms with van der Waals surface area (Å²) in [4.78, 5) is 2.61. The minimum atomic E-state index is 0.282. The highest BCUT2D eigenvalue weighted by molar-refractivity contribution is 5.25. The van der Waals surface area contributed by atoms with Crippen LogP contribution >= 0.6 is 0 Å². The Morgan fingerprint density at radius 2 is 2.18 bits per heavy atom. The fraction of sp³-hybridized carbons (Fsp3) is 0.769. The zero-order valence-corrected chi connectivity index (χ0v) is 10.8. The molecule has 0 aromatic carbocycles. The zero-order chi connectivity index (χ0) is 12.0. The van der Waals surface area contributed by atoms with Crippen LogP contribution in [0.4, 0.5) is 0 Å².